The lowest BCUT2D eigenvalue weighted by Gasteiger charge is -2.34. The Kier molecular flexibility index (Phi) is 10.7. The van der Waals surface area contributed by atoms with E-state index in [1.807, 2.05) is 24.3 Å². The van der Waals surface area contributed by atoms with Crippen molar-refractivity contribution in [2.75, 3.05) is 10.6 Å². The van der Waals surface area contributed by atoms with Gasteiger partial charge in [0.15, 0.2) is 12.2 Å². The minimum Gasteiger partial charge on any atom is -0.480 e. The Morgan fingerprint density at radius 1 is 0.566 bits per heavy atom. The number of ether oxygens (including phenoxy) is 2. The first-order valence-corrected chi connectivity index (χ1v) is 19.1. The zero-order chi connectivity index (χ0) is 37.3. The summed E-state index contributed by atoms with van der Waals surface area (Å²) in [5, 5.41) is 7.11. The molecule has 10 heteroatoms. The lowest BCUT2D eigenvalue weighted by molar-refractivity contribution is -0.122. The van der Waals surface area contributed by atoms with Gasteiger partial charge in [-0.25, -0.2) is 0 Å². The summed E-state index contributed by atoms with van der Waals surface area (Å²) in [6.45, 7) is 3.40. The number of benzene rings is 6. The van der Waals surface area contributed by atoms with E-state index in [2.05, 4.69) is 115 Å². The van der Waals surface area contributed by atoms with Crippen molar-refractivity contribution in [2.45, 2.75) is 31.5 Å². The van der Waals surface area contributed by atoms with Gasteiger partial charge in [-0.1, -0.05) is 96.0 Å². The third kappa shape index (κ3) is 7.34. The normalized spacial score (nSPS) is 13.6. The Morgan fingerprint density at radius 2 is 0.943 bits per heavy atom. The van der Waals surface area contributed by atoms with Gasteiger partial charge in [0.2, 0.25) is 0 Å². The van der Waals surface area contributed by atoms with Gasteiger partial charge in [-0.3, -0.25) is 9.59 Å². The maximum atomic E-state index is 13.2. The Hall–Kier alpha value is -4.60. The molecule has 1 aliphatic carbocycles. The molecule has 0 bridgehead atoms. The molecule has 53 heavy (non-hydrogen) atoms. The maximum absolute atomic E-state index is 13.2. The van der Waals surface area contributed by atoms with E-state index < -0.39 is 17.6 Å². The number of halogens is 4. The molecule has 6 nitrogen and oxygen atoms in total. The Morgan fingerprint density at radius 3 is 1.32 bits per heavy atom. The Labute approximate surface area is 334 Å². The van der Waals surface area contributed by atoms with E-state index in [1.165, 1.54) is 0 Å². The summed E-state index contributed by atoms with van der Waals surface area (Å²) >= 11 is 19.0. The molecular formula is C43H32Br2Cl2N2O4. The van der Waals surface area contributed by atoms with E-state index in [9.17, 15) is 9.59 Å². The van der Waals surface area contributed by atoms with Crippen LogP contribution in [0.3, 0.4) is 0 Å². The molecule has 0 radical (unpaired) electrons. The molecule has 7 rings (SSSR count). The second kappa shape index (κ2) is 15.4. The zero-order valence-electron chi connectivity index (χ0n) is 28.5. The molecule has 266 valence electrons. The van der Waals surface area contributed by atoms with Crippen LogP contribution in [-0.2, 0) is 15.0 Å². The third-order valence-corrected chi connectivity index (χ3v) is 11.0. The molecule has 0 aliphatic heterocycles. The van der Waals surface area contributed by atoms with Crippen molar-refractivity contribution in [3.63, 3.8) is 0 Å². The maximum Gasteiger partial charge on any atom is 0.265 e. The van der Waals surface area contributed by atoms with E-state index in [0.717, 1.165) is 33.4 Å². The number of anilines is 2. The highest BCUT2D eigenvalue weighted by atomic mass is 79.9. The number of fused-ring (bicyclic) bond motifs is 3. The highest BCUT2D eigenvalue weighted by molar-refractivity contribution is 9.11. The van der Waals surface area contributed by atoms with Crippen molar-refractivity contribution in [1.29, 1.82) is 0 Å². The number of rotatable bonds is 10. The molecule has 2 N–H and O–H groups in total. The van der Waals surface area contributed by atoms with E-state index in [4.69, 9.17) is 32.7 Å². The zero-order valence-corrected chi connectivity index (χ0v) is 33.2. The van der Waals surface area contributed by atoms with Gasteiger partial charge in [0.25, 0.3) is 11.8 Å². The predicted molar refractivity (Wildman–Crippen MR) is 219 cm³/mol. The first-order chi connectivity index (χ1) is 25.5. The van der Waals surface area contributed by atoms with Crippen molar-refractivity contribution >= 4 is 78.3 Å². The average molecular weight is 871 g/mol. The van der Waals surface area contributed by atoms with Gasteiger partial charge < -0.3 is 20.1 Å². The van der Waals surface area contributed by atoms with Gasteiger partial charge >= 0.3 is 0 Å². The van der Waals surface area contributed by atoms with Crippen molar-refractivity contribution in [3.05, 3.63) is 175 Å². The number of nitrogens with one attached hydrogen (secondary N) is 2. The molecule has 0 heterocycles. The Balaban J connectivity index is 1.17. The van der Waals surface area contributed by atoms with Crippen LogP contribution in [0.1, 0.15) is 36.1 Å². The molecular weight excluding hydrogens is 839 g/mol. The third-order valence-electron chi connectivity index (χ3n) is 9.26. The highest BCUT2D eigenvalue weighted by Gasteiger charge is 2.45. The fourth-order valence-electron chi connectivity index (χ4n) is 6.75. The van der Waals surface area contributed by atoms with Crippen LogP contribution in [-0.4, -0.2) is 24.0 Å². The first-order valence-electron chi connectivity index (χ1n) is 16.8. The number of carbonyl (C=O) groups excluding carboxylic acids is 2. The van der Waals surface area contributed by atoms with Crippen LogP contribution in [0.15, 0.2) is 142 Å². The van der Waals surface area contributed by atoms with E-state index in [-0.39, 0.29) is 11.8 Å². The quantitative estimate of drug-likeness (QED) is 0.144. The summed E-state index contributed by atoms with van der Waals surface area (Å²) in [5.74, 6) is 0.466. The molecule has 0 saturated carbocycles. The van der Waals surface area contributed by atoms with Gasteiger partial charge in [0.1, 0.15) is 11.5 Å². The minimum absolute atomic E-state index is 0.288. The van der Waals surface area contributed by atoms with Crippen LogP contribution in [0.2, 0.25) is 10.0 Å². The molecule has 0 fully saturated rings. The van der Waals surface area contributed by atoms with Crippen LogP contribution in [0.5, 0.6) is 11.5 Å². The first kappa shape index (κ1) is 36.7. The number of carbonyl (C=O) groups is 2. The van der Waals surface area contributed by atoms with Crippen LogP contribution < -0.4 is 20.1 Å². The molecule has 0 aromatic heterocycles. The molecule has 6 aromatic rings. The fourth-order valence-corrected chi connectivity index (χ4v) is 8.30. The SMILES string of the molecule is CC(Oc1ccc(Cl)cc1Br)C(=O)Nc1ccc(C2(c3ccc(NC(=O)C(C)Oc4ccc(Cl)cc4Br)cc3)c3ccccc3-c3ccccc32)cc1. The van der Waals surface area contributed by atoms with Crippen LogP contribution in [0.25, 0.3) is 11.1 Å². The topological polar surface area (TPSA) is 76.7 Å². The molecule has 2 unspecified atom stereocenters. The second-order valence-corrected chi connectivity index (χ2v) is 15.2. The van der Waals surface area contributed by atoms with Crippen LogP contribution in [0.4, 0.5) is 11.4 Å². The monoisotopic (exact) mass is 868 g/mol. The molecule has 6 aromatic carbocycles. The van der Waals surface area contributed by atoms with Gasteiger partial charge in [-0.05, 0) is 140 Å². The number of amides is 2. The van der Waals surface area contributed by atoms with E-state index in [0.29, 0.717) is 41.9 Å². The van der Waals surface area contributed by atoms with Gasteiger partial charge in [-0.15, -0.1) is 0 Å². The largest absolute Gasteiger partial charge is 0.480 e. The van der Waals surface area contributed by atoms with Crippen molar-refractivity contribution in [1.82, 2.24) is 0 Å². The summed E-state index contributed by atoms with van der Waals surface area (Å²) in [6.07, 6.45) is -1.53. The second-order valence-electron chi connectivity index (χ2n) is 12.6. The summed E-state index contributed by atoms with van der Waals surface area (Å²) in [5.41, 5.74) is 7.23. The predicted octanol–water partition coefficient (Wildman–Crippen LogP) is 11.7. The summed E-state index contributed by atoms with van der Waals surface area (Å²) in [6, 6.07) is 43.1. The molecule has 2 atom stereocenters. The molecule has 0 spiro atoms. The van der Waals surface area contributed by atoms with Gasteiger partial charge in [-0.2, -0.15) is 0 Å². The Bertz CT molecular complexity index is 2170. The number of hydrogen-bond acceptors (Lipinski definition) is 4. The number of hydrogen-bond donors (Lipinski definition) is 2. The average Bonchev–Trinajstić information content (AvgIpc) is 3.45. The van der Waals surface area contributed by atoms with Gasteiger partial charge in [0, 0.05) is 21.4 Å². The minimum atomic E-state index is -0.764. The van der Waals surface area contributed by atoms with E-state index in [1.54, 1.807) is 50.2 Å². The highest BCUT2D eigenvalue weighted by Crippen LogP contribution is 2.56. The van der Waals surface area contributed by atoms with Crippen molar-refractivity contribution in [3.8, 4) is 22.6 Å². The van der Waals surface area contributed by atoms with Gasteiger partial charge in [0.05, 0.1) is 14.4 Å². The lowest BCUT2D eigenvalue weighted by Crippen LogP contribution is -2.31. The summed E-state index contributed by atoms with van der Waals surface area (Å²) < 4.78 is 13.2. The van der Waals surface area contributed by atoms with E-state index >= 15 is 0 Å². The van der Waals surface area contributed by atoms with Crippen LogP contribution >= 0.6 is 55.1 Å². The molecule has 0 saturated heterocycles. The standard InChI is InChI=1S/C43H32Br2Cl2N2O4/c1-25(52-39-21-15-29(46)23-37(39)44)41(50)48-31-17-11-27(12-18-31)43(35-9-5-3-7-33(35)34-8-4-6-10-36(34)43)28-13-19-32(20-14-28)49-42(51)26(2)53-40-22-16-30(47)24-38(40)45/h3-26H,1-2H3,(H,48,50)(H,49,51). The lowest BCUT2D eigenvalue weighted by atomic mass is 9.67. The van der Waals surface area contributed by atoms with Crippen molar-refractivity contribution < 1.29 is 19.1 Å². The van der Waals surface area contributed by atoms with Crippen LogP contribution in [0, 0.1) is 0 Å². The molecule has 1 aliphatic rings. The van der Waals surface area contributed by atoms with Crippen molar-refractivity contribution in [2.24, 2.45) is 0 Å². The summed E-state index contributed by atoms with van der Waals surface area (Å²) in [7, 11) is 0. The fraction of sp³-hybridized carbons (Fsp3) is 0.116. The molecule has 2 amide bonds. The smallest absolute Gasteiger partial charge is 0.265 e. The summed E-state index contributed by atoms with van der Waals surface area (Å²) in [4.78, 5) is 26.4.